The first-order valence-corrected chi connectivity index (χ1v) is 12.5. The van der Waals surface area contributed by atoms with Gasteiger partial charge in [0.1, 0.15) is 18.1 Å². The molecule has 2 aromatic rings. The summed E-state index contributed by atoms with van der Waals surface area (Å²) in [5.41, 5.74) is 7.97. The average Bonchev–Trinajstić information content (AvgIpc) is 3.25. The smallest absolute Gasteiger partial charge is 0.326 e. The van der Waals surface area contributed by atoms with Crippen LogP contribution in [0.25, 0.3) is 10.9 Å². The number of aromatic amines is 1. The Morgan fingerprint density at radius 3 is 2.05 bits per heavy atom. The van der Waals surface area contributed by atoms with Crippen LogP contribution >= 0.6 is 0 Å². The van der Waals surface area contributed by atoms with Gasteiger partial charge in [-0.15, -0.1) is 0 Å². The van der Waals surface area contributed by atoms with E-state index in [0.29, 0.717) is 6.42 Å². The molecule has 0 saturated heterocycles. The molecular formula is C26H39N5O6. The molecule has 6 atom stereocenters. The summed E-state index contributed by atoms with van der Waals surface area (Å²) in [6.45, 7) is 8.18. The van der Waals surface area contributed by atoms with Crippen molar-refractivity contribution >= 4 is 34.6 Å². The van der Waals surface area contributed by atoms with Crippen LogP contribution in [0.2, 0.25) is 0 Å². The largest absolute Gasteiger partial charge is 0.480 e. The molecule has 0 radical (unpaired) electrons. The molecular weight excluding hydrogens is 478 g/mol. The Morgan fingerprint density at radius 2 is 1.49 bits per heavy atom. The van der Waals surface area contributed by atoms with Gasteiger partial charge < -0.3 is 36.9 Å². The van der Waals surface area contributed by atoms with Gasteiger partial charge in [-0.3, -0.25) is 14.4 Å². The monoisotopic (exact) mass is 517 g/mol. The summed E-state index contributed by atoms with van der Waals surface area (Å²) in [6, 6.07) is 3.06. The second kappa shape index (κ2) is 13.2. The molecule has 0 fully saturated rings. The number of hydrogen-bond acceptors (Lipinski definition) is 6. The second-order valence-corrected chi connectivity index (χ2v) is 9.84. The Labute approximate surface area is 216 Å². The number of nitrogens with two attached hydrogens (primary N) is 1. The Hall–Kier alpha value is -3.44. The van der Waals surface area contributed by atoms with Crippen LogP contribution < -0.4 is 21.7 Å². The molecule has 1 aromatic carbocycles. The van der Waals surface area contributed by atoms with Crippen molar-refractivity contribution in [3.8, 4) is 0 Å². The molecule has 0 aliphatic rings. The third-order valence-corrected chi connectivity index (χ3v) is 6.54. The summed E-state index contributed by atoms with van der Waals surface area (Å²) in [5, 5.41) is 28.0. The Morgan fingerprint density at radius 1 is 0.919 bits per heavy atom. The van der Waals surface area contributed by atoms with Gasteiger partial charge >= 0.3 is 5.97 Å². The summed E-state index contributed by atoms with van der Waals surface area (Å²) < 4.78 is 0. The highest BCUT2D eigenvalue weighted by atomic mass is 16.4. The van der Waals surface area contributed by atoms with Crippen molar-refractivity contribution in [2.24, 2.45) is 17.6 Å². The van der Waals surface area contributed by atoms with Gasteiger partial charge in [-0.1, -0.05) is 52.3 Å². The molecule has 6 unspecified atom stereocenters. The van der Waals surface area contributed by atoms with E-state index >= 15 is 0 Å². The maximum absolute atomic E-state index is 13.2. The van der Waals surface area contributed by atoms with Gasteiger partial charge in [0, 0.05) is 17.1 Å². The number of carbonyl (C=O) groups is 4. The van der Waals surface area contributed by atoms with Gasteiger partial charge in [0.15, 0.2) is 0 Å². The van der Waals surface area contributed by atoms with E-state index in [4.69, 9.17) is 5.73 Å². The van der Waals surface area contributed by atoms with E-state index in [2.05, 4.69) is 20.9 Å². The molecule has 1 heterocycles. The summed E-state index contributed by atoms with van der Waals surface area (Å²) in [4.78, 5) is 53.5. The van der Waals surface area contributed by atoms with Crippen LogP contribution in [0, 0.1) is 11.8 Å². The molecule has 37 heavy (non-hydrogen) atoms. The number of fused-ring (bicyclic) bond motifs is 1. The number of carbonyl (C=O) groups excluding carboxylic acids is 3. The maximum Gasteiger partial charge on any atom is 0.326 e. The first kappa shape index (κ1) is 29.8. The number of aromatic nitrogens is 1. The molecule has 8 N–H and O–H groups in total. The van der Waals surface area contributed by atoms with Crippen molar-refractivity contribution < 1.29 is 29.4 Å². The summed E-state index contributed by atoms with van der Waals surface area (Å²) >= 11 is 0. The number of carboxylic acid groups (broad SMARTS) is 1. The number of rotatable bonds is 13. The van der Waals surface area contributed by atoms with Crippen LogP contribution in [-0.2, 0) is 25.6 Å². The Balaban J connectivity index is 2.13. The summed E-state index contributed by atoms with van der Waals surface area (Å²) in [6.07, 6.45) is 1.26. The average molecular weight is 518 g/mol. The zero-order valence-electron chi connectivity index (χ0n) is 21.9. The minimum atomic E-state index is -1.42. The van der Waals surface area contributed by atoms with Crippen LogP contribution in [0.3, 0.4) is 0 Å². The summed E-state index contributed by atoms with van der Waals surface area (Å²) in [5.74, 6) is -4.02. The number of nitrogens with one attached hydrogen (secondary N) is 4. The van der Waals surface area contributed by atoms with Crippen LogP contribution in [0.15, 0.2) is 30.5 Å². The van der Waals surface area contributed by atoms with Crippen molar-refractivity contribution in [3.63, 3.8) is 0 Å². The van der Waals surface area contributed by atoms with Gasteiger partial charge in [0.2, 0.25) is 17.7 Å². The zero-order valence-corrected chi connectivity index (χ0v) is 21.9. The number of amides is 3. The normalized spacial score (nSPS) is 16.3. The number of para-hydroxylation sites is 1. The fourth-order valence-electron chi connectivity index (χ4n) is 4.00. The number of H-pyrrole nitrogens is 1. The van der Waals surface area contributed by atoms with Crippen molar-refractivity contribution in [1.82, 2.24) is 20.9 Å². The van der Waals surface area contributed by atoms with Crippen molar-refractivity contribution in [1.29, 1.82) is 0 Å². The topological polar surface area (TPSA) is 187 Å². The fraction of sp³-hybridized carbons (Fsp3) is 0.538. The highest BCUT2D eigenvalue weighted by molar-refractivity contribution is 5.95. The first-order valence-electron chi connectivity index (χ1n) is 12.5. The molecule has 2 rings (SSSR count). The van der Waals surface area contributed by atoms with E-state index in [0.717, 1.165) is 16.5 Å². The van der Waals surface area contributed by atoms with Crippen LogP contribution in [-0.4, -0.2) is 69.2 Å². The molecule has 11 heteroatoms. The third kappa shape index (κ3) is 7.77. The van der Waals surface area contributed by atoms with Crippen molar-refractivity contribution in [2.45, 2.75) is 77.7 Å². The van der Waals surface area contributed by atoms with Crippen LogP contribution in [0.1, 0.15) is 46.6 Å². The predicted molar refractivity (Wildman–Crippen MR) is 139 cm³/mol. The second-order valence-electron chi connectivity index (χ2n) is 9.84. The number of aliphatic hydroxyl groups is 1. The van der Waals surface area contributed by atoms with E-state index in [9.17, 15) is 29.4 Å². The highest BCUT2D eigenvalue weighted by Crippen LogP contribution is 2.19. The molecule has 0 saturated carbocycles. The molecule has 0 aliphatic heterocycles. The molecule has 0 bridgehead atoms. The third-order valence-electron chi connectivity index (χ3n) is 6.54. The maximum atomic E-state index is 13.2. The summed E-state index contributed by atoms with van der Waals surface area (Å²) in [7, 11) is 0. The minimum absolute atomic E-state index is 0.245. The van der Waals surface area contributed by atoms with E-state index in [1.807, 2.05) is 31.2 Å². The molecule has 0 aliphatic carbocycles. The first-order chi connectivity index (χ1) is 17.4. The van der Waals surface area contributed by atoms with Gasteiger partial charge in [-0.05, 0) is 36.8 Å². The van der Waals surface area contributed by atoms with Crippen molar-refractivity contribution in [3.05, 3.63) is 36.0 Å². The number of hydrogen-bond donors (Lipinski definition) is 7. The van der Waals surface area contributed by atoms with Crippen LogP contribution in [0.4, 0.5) is 0 Å². The Kier molecular flexibility index (Phi) is 10.6. The quantitative estimate of drug-likeness (QED) is 0.203. The van der Waals surface area contributed by atoms with Gasteiger partial charge in [-0.2, -0.15) is 0 Å². The highest BCUT2D eigenvalue weighted by Gasteiger charge is 2.35. The SMILES string of the molecule is CCC(C)C(NC(=O)C(N)Cc1c[nH]c2ccccc12)C(=O)NC(C(=O)NC(C(=O)O)C(C)C)C(C)O. The van der Waals surface area contributed by atoms with Gasteiger partial charge in [-0.25, -0.2) is 4.79 Å². The fourth-order valence-corrected chi connectivity index (χ4v) is 4.00. The molecule has 3 amide bonds. The molecule has 204 valence electrons. The number of aliphatic carboxylic acids is 1. The molecule has 1 aromatic heterocycles. The van der Waals surface area contributed by atoms with Gasteiger partial charge in [0.05, 0.1) is 12.1 Å². The molecule has 0 spiro atoms. The van der Waals surface area contributed by atoms with E-state index in [1.54, 1.807) is 27.0 Å². The number of aliphatic hydroxyl groups excluding tert-OH is 1. The van der Waals surface area contributed by atoms with Crippen LogP contribution in [0.5, 0.6) is 0 Å². The zero-order chi connectivity index (χ0) is 27.9. The molecule has 11 nitrogen and oxygen atoms in total. The number of benzene rings is 1. The number of carboxylic acids is 1. The van der Waals surface area contributed by atoms with E-state index in [-0.39, 0.29) is 12.3 Å². The van der Waals surface area contributed by atoms with Crippen molar-refractivity contribution in [2.75, 3.05) is 0 Å². The lowest BCUT2D eigenvalue weighted by atomic mass is 9.96. The Bertz CT molecular complexity index is 1100. The van der Waals surface area contributed by atoms with E-state index < -0.39 is 59.9 Å². The lowest BCUT2D eigenvalue weighted by Gasteiger charge is -2.29. The van der Waals surface area contributed by atoms with E-state index in [1.165, 1.54) is 6.92 Å². The lowest BCUT2D eigenvalue weighted by molar-refractivity contribution is -0.144. The lowest BCUT2D eigenvalue weighted by Crippen LogP contribution is -2.61. The standard InChI is InChI=1S/C26H39N5O6/c1-6-14(4)21(24(34)31-22(15(5)32)25(35)29-20(13(2)3)26(36)37)30-23(33)18(27)11-16-12-28-19-10-8-7-9-17(16)19/h7-10,12-15,18,20-22,28,32H,6,11,27H2,1-5H3,(H,29,35)(H,30,33)(H,31,34)(H,36,37). The predicted octanol–water partition coefficient (Wildman–Crippen LogP) is 0.660. The van der Waals surface area contributed by atoms with Gasteiger partial charge in [0.25, 0.3) is 0 Å². The minimum Gasteiger partial charge on any atom is -0.480 e.